The number of ether oxygens (including phenoxy) is 2. The van der Waals surface area contributed by atoms with Gasteiger partial charge in [-0.15, -0.1) is 0 Å². The SMILES string of the molecule is CCOc1ccc2ccccc2c1C(=O)C(N)OCC. The first kappa shape index (κ1) is 14.5. The molecule has 0 fully saturated rings. The quantitative estimate of drug-likeness (QED) is 0.649. The number of Topliss-reactive ketones (excluding diaryl/α,β-unsaturated/α-hetero) is 1. The minimum absolute atomic E-state index is 0.257. The largest absolute Gasteiger partial charge is 0.493 e. The van der Waals surface area contributed by atoms with E-state index in [1.807, 2.05) is 37.3 Å². The van der Waals surface area contributed by atoms with Gasteiger partial charge in [0.25, 0.3) is 0 Å². The highest BCUT2D eigenvalue weighted by atomic mass is 16.5. The lowest BCUT2D eigenvalue weighted by Crippen LogP contribution is -2.33. The predicted molar refractivity (Wildman–Crippen MR) is 79.0 cm³/mol. The summed E-state index contributed by atoms with van der Waals surface area (Å²) in [6.45, 7) is 4.57. The smallest absolute Gasteiger partial charge is 0.210 e. The maximum absolute atomic E-state index is 12.5. The molecule has 2 aromatic carbocycles. The van der Waals surface area contributed by atoms with Crippen molar-refractivity contribution in [2.24, 2.45) is 5.73 Å². The van der Waals surface area contributed by atoms with Gasteiger partial charge in [0.05, 0.1) is 12.2 Å². The standard InChI is InChI=1S/C16H19NO3/c1-3-19-13-10-9-11-7-5-6-8-12(11)14(13)15(18)16(17)20-4-2/h5-10,16H,3-4,17H2,1-2H3. The van der Waals surface area contributed by atoms with Crippen LogP contribution in [-0.4, -0.2) is 25.2 Å². The van der Waals surface area contributed by atoms with E-state index in [0.29, 0.717) is 24.5 Å². The van der Waals surface area contributed by atoms with Gasteiger partial charge in [0.2, 0.25) is 5.78 Å². The Labute approximate surface area is 118 Å². The Morgan fingerprint density at radius 1 is 1.15 bits per heavy atom. The number of carbonyl (C=O) groups excluding carboxylic acids is 1. The van der Waals surface area contributed by atoms with Crippen molar-refractivity contribution in [3.63, 3.8) is 0 Å². The summed E-state index contributed by atoms with van der Waals surface area (Å²) in [6.07, 6.45) is -0.968. The predicted octanol–water partition coefficient (Wildman–Crippen LogP) is 2.74. The van der Waals surface area contributed by atoms with Crippen molar-refractivity contribution < 1.29 is 14.3 Å². The van der Waals surface area contributed by atoms with Crippen LogP contribution in [0.1, 0.15) is 24.2 Å². The molecule has 0 aliphatic rings. The molecule has 4 nitrogen and oxygen atoms in total. The van der Waals surface area contributed by atoms with E-state index in [2.05, 4.69) is 0 Å². The number of hydrogen-bond donors (Lipinski definition) is 1. The molecule has 1 unspecified atom stereocenters. The fraction of sp³-hybridized carbons (Fsp3) is 0.312. The number of nitrogens with two attached hydrogens (primary N) is 1. The highest BCUT2D eigenvalue weighted by Gasteiger charge is 2.22. The molecule has 2 aromatic rings. The zero-order valence-corrected chi connectivity index (χ0v) is 11.8. The Morgan fingerprint density at radius 3 is 2.60 bits per heavy atom. The molecular weight excluding hydrogens is 254 g/mol. The summed E-state index contributed by atoms with van der Waals surface area (Å²) in [7, 11) is 0. The molecule has 2 N–H and O–H groups in total. The van der Waals surface area contributed by atoms with Crippen molar-refractivity contribution in [3.05, 3.63) is 42.0 Å². The molecule has 0 amide bonds. The number of rotatable bonds is 6. The van der Waals surface area contributed by atoms with Crippen LogP contribution in [0.3, 0.4) is 0 Å². The normalized spacial score (nSPS) is 12.3. The molecule has 0 saturated heterocycles. The lowest BCUT2D eigenvalue weighted by atomic mass is 9.99. The molecule has 0 aliphatic heterocycles. The van der Waals surface area contributed by atoms with E-state index in [9.17, 15) is 4.79 Å². The Hall–Kier alpha value is -1.91. The lowest BCUT2D eigenvalue weighted by molar-refractivity contribution is 0.0478. The Bertz CT molecular complexity index is 610. The Balaban J connectivity index is 2.57. The Kier molecular flexibility index (Phi) is 4.71. The lowest BCUT2D eigenvalue weighted by Gasteiger charge is -2.16. The highest BCUT2D eigenvalue weighted by Crippen LogP contribution is 2.29. The van der Waals surface area contributed by atoms with Crippen LogP contribution in [0.2, 0.25) is 0 Å². The van der Waals surface area contributed by atoms with E-state index in [1.54, 1.807) is 13.0 Å². The van der Waals surface area contributed by atoms with Crippen molar-refractivity contribution in [2.45, 2.75) is 20.1 Å². The van der Waals surface area contributed by atoms with Crippen molar-refractivity contribution >= 4 is 16.6 Å². The molecule has 4 heteroatoms. The van der Waals surface area contributed by atoms with Gasteiger partial charge in [0, 0.05) is 6.61 Å². The minimum Gasteiger partial charge on any atom is -0.493 e. The van der Waals surface area contributed by atoms with E-state index in [0.717, 1.165) is 10.8 Å². The number of hydrogen-bond acceptors (Lipinski definition) is 4. The maximum atomic E-state index is 12.5. The highest BCUT2D eigenvalue weighted by molar-refractivity contribution is 6.12. The average Bonchev–Trinajstić information content (AvgIpc) is 2.47. The maximum Gasteiger partial charge on any atom is 0.210 e. The third kappa shape index (κ3) is 2.81. The van der Waals surface area contributed by atoms with Crippen molar-refractivity contribution in [2.75, 3.05) is 13.2 Å². The molecule has 0 bridgehead atoms. The molecule has 0 radical (unpaired) electrons. The zero-order chi connectivity index (χ0) is 14.5. The van der Waals surface area contributed by atoms with Gasteiger partial charge < -0.3 is 9.47 Å². The van der Waals surface area contributed by atoms with E-state index in [1.165, 1.54) is 0 Å². The molecule has 0 aromatic heterocycles. The van der Waals surface area contributed by atoms with E-state index in [-0.39, 0.29) is 5.78 Å². The van der Waals surface area contributed by atoms with Crippen LogP contribution >= 0.6 is 0 Å². The first-order chi connectivity index (χ1) is 9.69. The van der Waals surface area contributed by atoms with Crippen LogP contribution in [0.4, 0.5) is 0 Å². The van der Waals surface area contributed by atoms with Crippen LogP contribution < -0.4 is 10.5 Å². The van der Waals surface area contributed by atoms with Crippen LogP contribution in [0.15, 0.2) is 36.4 Å². The summed E-state index contributed by atoms with van der Waals surface area (Å²) in [5.41, 5.74) is 6.28. The number of ketones is 1. The summed E-state index contributed by atoms with van der Waals surface area (Å²) in [4.78, 5) is 12.5. The summed E-state index contributed by atoms with van der Waals surface area (Å²) in [5, 5.41) is 1.81. The molecule has 0 aliphatic carbocycles. The van der Waals surface area contributed by atoms with Gasteiger partial charge >= 0.3 is 0 Å². The van der Waals surface area contributed by atoms with Gasteiger partial charge in [0.1, 0.15) is 5.75 Å². The van der Waals surface area contributed by atoms with Crippen molar-refractivity contribution in [3.8, 4) is 5.75 Å². The molecule has 2 rings (SSSR count). The fourth-order valence-corrected chi connectivity index (χ4v) is 2.18. The first-order valence-electron chi connectivity index (χ1n) is 6.75. The number of carbonyl (C=O) groups is 1. The second-order valence-corrected chi connectivity index (χ2v) is 4.33. The second kappa shape index (κ2) is 6.50. The molecule has 20 heavy (non-hydrogen) atoms. The van der Waals surface area contributed by atoms with Crippen molar-refractivity contribution in [1.82, 2.24) is 0 Å². The summed E-state index contributed by atoms with van der Waals surface area (Å²) < 4.78 is 10.8. The van der Waals surface area contributed by atoms with Crippen LogP contribution in [0.5, 0.6) is 5.75 Å². The van der Waals surface area contributed by atoms with Crippen molar-refractivity contribution in [1.29, 1.82) is 0 Å². The van der Waals surface area contributed by atoms with Gasteiger partial charge in [0.15, 0.2) is 6.23 Å². The van der Waals surface area contributed by atoms with Gasteiger partial charge in [-0.05, 0) is 30.7 Å². The monoisotopic (exact) mass is 273 g/mol. The first-order valence-corrected chi connectivity index (χ1v) is 6.75. The third-order valence-electron chi connectivity index (χ3n) is 3.04. The third-order valence-corrected chi connectivity index (χ3v) is 3.04. The van der Waals surface area contributed by atoms with E-state index < -0.39 is 6.23 Å². The molecule has 106 valence electrons. The number of fused-ring (bicyclic) bond motifs is 1. The van der Waals surface area contributed by atoms with Gasteiger partial charge in [-0.2, -0.15) is 0 Å². The minimum atomic E-state index is -0.968. The van der Waals surface area contributed by atoms with Crippen LogP contribution in [0, 0.1) is 0 Å². The molecule has 0 heterocycles. The van der Waals surface area contributed by atoms with Gasteiger partial charge in [-0.1, -0.05) is 30.3 Å². The fourth-order valence-electron chi connectivity index (χ4n) is 2.18. The van der Waals surface area contributed by atoms with Crippen LogP contribution in [0.25, 0.3) is 10.8 Å². The average molecular weight is 273 g/mol. The number of benzene rings is 2. The molecular formula is C16H19NO3. The van der Waals surface area contributed by atoms with Gasteiger partial charge in [-0.3, -0.25) is 10.5 Å². The summed E-state index contributed by atoms with van der Waals surface area (Å²) >= 11 is 0. The second-order valence-electron chi connectivity index (χ2n) is 4.33. The zero-order valence-electron chi connectivity index (χ0n) is 11.8. The summed E-state index contributed by atoms with van der Waals surface area (Å²) in [5.74, 6) is 0.290. The van der Waals surface area contributed by atoms with Gasteiger partial charge in [-0.25, -0.2) is 0 Å². The van der Waals surface area contributed by atoms with E-state index in [4.69, 9.17) is 15.2 Å². The molecule has 1 atom stereocenters. The summed E-state index contributed by atoms with van der Waals surface area (Å²) in [6, 6.07) is 11.4. The molecule has 0 spiro atoms. The Morgan fingerprint density at radius 2 is 1.90 bits per heavy atom. The van der Waals surface area contributed by atoms with Crippen LogP contribution in [-0.2, 0) is 4.74 Å². The molecule has 0 saturated carbocycles. The van der Waals surface area contributed by atoms with E-state index >= 15 is 0 Å². The topological polar surface area (TPSA) is 61.5 Å².